The Balaban J connectivity index is 2.16. The molecular formula is C9H15NO2. The van der Waals surface area contributed by atoms with Crippen LogP contribution in [0.1, 0.15) is 33.1 Å². The third kappa shape index (κ3) is 2.80. The van der Waals surface area contributed by atoms with E-state index in [0.717, 1.165) is 12.8 Å². The van der Waals surface area contributed by atoms with Gasteiger partial charge in [-0.2, -0.15) is 5.26 Å². The summed E-state index contributed by atoms with van der Waals surface area (Å²) in [6.07, 6.45) is 2.63. The van der Waals surface area contributed by atoms with Crippen molar-refractivity contribution in [1.82, 2.24) is 0 Å². The maximum Gasteiger partial charge on any atom is 0.163 e. The van der Waals surface area contributed by atoms with Gasteiger partial charge >= 0.3 is 0 Å². The summed E-state index contributed by atoms with van der Waals surface area (Å²) in [5.41, 5.74) is 0. The summed E-state index contributed by atoms with van der Waals surface area (Å²) < 4.78 is 10.9. The first kappa shape index (κ1) is 9.50. The Hall–Kier alpha value is -0.590. The van der Waals surface area contributed by atoms with Crippen LogP contribution in [0.2, 0.25) is 0 Å². The van der Waals surface area contributed by atoms with E-state index in [4.69, 9.17) is 14.7 Å². The van der Waals surface area contributed by atoms with Crippen LogP contribution in [0.4, 0.5) is 0 Å². The topological polar surface area (TPSA) is 42.2 Å². The van der Waals surface area contributed by atoms with Crippen molar-refractivity contribution in [2.45, 2.75) is 45.0 Å². The number of ether oxygens (including phenoxy) is 2. The lowest BCUT2D eigenvalue weighted by molar-refractivity contribution is -0.139. The Morgan fingerprint density at radius 3 is 2.83 bits per heavy atom. The van der Waals surface area contributed by atoms with Gasteiger partial charge in [0.2, 0.25) is 0 Å². The Morgan fingerprint density at radius 1 is 1.58 bits per heavy atom. The van der Waals surface area contributed by atoms with Crippen molar-refractivity contribution in [1.29, 1.82) is 5.26 Å². The first-order valence-electron chi connectivity index (χ1n) is 4.33. The van der Waals surface area contributed by atoms with Gasteiger partial charge in [0.25, 0.3) is 0 Å². The van der Waals surface area contributed by atoms with Crippen molar-refractivity contribution in [2.75, 3.05) is 6.61 Å². The molecule has 0 aromatic rings. The molecule has 3 heteroatoms. The van der Waals surface area contributed by atoms with Gasteiger partial charge in [-0.15, -0.1) is 0 Å². The Labute approximate surface area is 73.3 Å². The SMILES string of the molecule is CC1(C)OC[C@H](CCCC#N)O1. The lowest BCUT2D eigenvalue weighted by atomic mass is 10.2. The molecule has 1 aliphatic rings. The molecule has 1 rings (SSSR count). The van der Waals surface area contributed by atoms with E-state index in [2.05, 4.69) is 6.07 Å². The molecule has 1 fully saturated rings. The van der Waals surface area contributed by atoms with E-state index in [1.807, 2.05) is 13.8 Å². The first-order valence-corrected chi connectivity index (χ1v) is 4.33. The van der Waals surface area contributed by atoms with Gasteiger partial charge in [0.05, 0.1) is 18.8 Å². The van der Waals surface area contributed by atoms with E-state index in [9.17, 15) is 0 Å². The molecule has 0 spiro atoms. The second kappa shape index (κ2) is 3.88. The standard InChI is InChI=1S/C9H15NO2/c1-9(2)11-7-8(12-9)5-3-4-6-10/h8H,3-5,7H2,1-2H3/t8-/m0/s1. The zero-order valence-electron chi connectivity index (χ0n) is 7.67. The maximum atomic E-state index is 8.32. The van der Waals surface area contributed by atoms with Crippen molar-refractivity contribution < 1.29 is 9.47 Å². The molecule has 0 aliphatic carbocycles. The third-order valence-electron chi connectivity index (χ3n) is 1.88. The first-order chi connectivity index (χ1) is 5.64. The quantitative estimate of drug-likeness (QED) is 0.605. The highest BCUT2D eigenvalue weighted by Gasteiger charge is 2.31. The van der Waals surface area contributed by atoms with Crippen LogP contribution in [0.25, 0.3) is 0 Å². The Bertz CT molecular complexity index is 183. The molecule has 1 saturated heterocycles. The number of hydrogen-bond acceptors (Lipinski definition) is 3. The monoisotopic (exact) mass is 169 g/mol. The predicted octanol–water partition coefficient (Wildman–Crippen LogP) is 1.83. The molecule has 0 unspecified atom stereocenters. The second-order valence-electron chi connectivity index (χ2n) is 3.50. The molecule has 68 valence electrons. The molecule has 0 saturated carbocycles. The minimum atomic E-state index is -0.419. The zero-order chi connectivity index (χ0) is 9.03. The van der Waals surface area contributed by atoms with Crippen LogP contribution in [-0.2, 0) is 9.47 Å². The van der Waals surface area contributed by atoms with E-state index in [1.165, 1.54) is 0 Å². The lowest BCUT2D eigenvalue weighted by Crippen LogP contribution is -2.21. The van der Waals surface area contributed by atoms with Crippen LogP contribution in [0.15, 0.2) is 0 Å². The molecule has 0 aromatic carbocycles. The minimum Gasteiger partial charge on any atom is -0.348 e. The number of hydrogen-bond donors (Lipinski definition) is 0. The Kier molecular flexibility index (Phi) is 3.07. The van der Waals surface area contributed by atoms with Gasteiger partial charge in [-0.25, -0.2) is 0 Å². The summed E-state index contributed by atoms with van der Waals surface area (Å²) in [5.74, 6) is -0.419. The molecule has 0 bridgehead atoms. The average molecular weight is 169 g/mol. The van der Waals surface area contributed by atoms with Crippen molar-refractivity contribution in [2.24, 2.45) is 0 Å². The van der Waals surface area contributed by atoms with Crippen LogP contribution in [-0.4, -0.2) is 18.5 Å². The van der Waals surface area contributed by atoms with E-state index >= 15 is 0 Å². The third-order valence-corrected chi connectivity index (χ3v) is 1.88. The lowest BCUT2D eigenvalue weighted by Gasteiger charge is -2.16. The van der Waals surface area contributed by atoms with Gasteiger partial charge in [0.15, 0.2) is 5.79 Å². The molecule has 0 amide bonds. The molecule has 1 aliphatic heterocycles. The second-order valence-corrected chi connectivity index (χ2v) is 3.50. The van der Waals surface area contributed by atoms with Crippen molar-refractivity contribution in [3.63, 3.8) is 0 Å². The van der Waals surface area contributed by atoms with E-state index < -0.39 is 5.79 Å². The van der Waals surface area contributed by atoms with Gasteiger partial charge in [0.1, 0.15) is 0 Å². The van der Waals surface area contributed by atoms with Crippen LogP contribution < -0.4 is 0 Å². The molecule has 12 heavy (non-hydrogen) atoms. The summed E-state index contributed by atoms with van der Waals surface area (Å²) in [6.45, 7) is 4.49. The fraction of sp³-hybridized carbons (Fsp3) is 0.889. The average Bonchev–Trinajstić information content (AvgIpc) is 2.31. The van der Waals surface area contributed by atoms with Crippen molar-refractivity contribution in [3.05, 3.63) is 0 Å². The predicted molar refractivity (Wildman–Crippen MR) is 44.4 cm³/mol. The molecule has 0 aromatic heterocycles. The highest BCUT2D eigenvalue weighted by molar-refractivity contribution is 4.74. The summed E-state index contributed by atoms with van der Waals surface area (Å²) in [6, 6.07) is 2.12. The zero-order valence-corrected chi connectivity index (χ0v) is 7.67. The highest BCUT2D eigenvalue weighted by atomic mass is 16.7. The van der Waals surface area contributed by atoms with Crippen LogP contribution in [0.5, 0.6) is 0 Å². The smallest absolute Gasteiger partial charge is 0.163 e. The normalized spacial score (nSPS) is 26.9. The van der Waals surface area contributed by atoms with Gasteiger partial charge in [-0.1, -0.05) is 0 Å². The van der Waals surface area contributed by atoms with E-state index in [0.29, 0.717) is 13.0 Å². The highest BCUT2D eigenvalue weighted by Crippen LogP contribution is 2.24. The summed E-state index contributed by atoms with van der Waals surface area (Å²) in [4.78, 5) is 0. The van der Waals surface area contributed by atoms with Gasteiger partial charge in [-0.3, -0.25) is 0 Å². The van der Waals surface area contributed by atoms with E-state index in [1.54, 1.807) is 0 Å². The molecule has 1 atom stereocenters. The van der Waals surface area contributed by atoms with Crippen molar-refractivity contribution in [3.8, 4) is 6.07 Å². The van der Waals surface area contributed by atoms with Gasteiger partial charge in [0, 0.05) is 6.42 Å². The molecule has 0 radical (unpaired) electrons. The molecular weight excluding hydrogens is 154 g/mol. The fourth-order valence-corrected chi connectivity index (χ4v) is 1.31. The van der Waals surface area contributed by atoms with Crippen LogP contribution >= 0.6 is 0 Å². The fourth-order valence-electron chi connectivity index (χ4n) is 1.31. The number of nitrogens with zero attached hydrogens (tertiary/aromatic N) is 1. The van der Waals surface area contributed by atoms with Gasteiger partial charge < -0.3 is 9.47 Å². The Morgan fingerprint density at radius 2 is 2.33 bits per heavy atom. The summed E-state index contributed by atoms with van der Waals surface area (Å²) in [7, 11) is 0. The molecule has 0 N–H and O–H groups in total. The maximum absolute atomic E-state index is 8.32. The number of nitriles is 1. The van der Waals surface area contributed by atoms with Crippen LogP contribution in [0.3, 0.4) is 0 Å². The number of rotatable bonds is 3. The number of unbranched alkanes of at least 4 members (excludes halogenated alkanes) is 1. The summed E-state index contributed by atoms with van der Waals surface area (Å²) >= 11 is 0. The summed E-state index contributed by atoms with van der Waals surface area (Å²) in [5, 5.41) is 8.32. The van der Waals surface area contributed by atoms with Crippen molar-refractivity contribution >= 4 is 0 Å². The minimum absolute atomic E-state index is 0.188. The van der Waals surface area contributed by atoms with Gasteiger partial charge in [-0.05, 0) is 26.7 Å². The molecule has 3 nitrogen and oxygen atoms in total. The van der Waals surface area contributed by atoms with E-state index in [-0.39, 0.29) is 6.10 Å². The largest absolute Gasteiger partial charge is 0.348 e. The molecule has 1 heterocycles. The van der Waals surface area contributed by atoms with Crippen LogP contribution in [0, 0.1) is 11.3 Å².